The highest BCUT2D eigenvalue weighted by molar-refractivity contribution is 5.97. The standard InChI is InChI=1S/C13H21NO4/c1-3-17-7-8-18-13(16)10-6-4-5-9(2)11(10)12(14)15/h6,9,11H,3-5,7-8H2,1-2H3,(H2,14,15). The quantitative estimate of drug-likeness (QED) is 0.568. The van der Waals surface area contributed by atoms with Crippen LogP contribution < -0.4 is 5.73 Å². The Morgan fingerprint density at radius 3 is 2.78 bits per heavy atom. The van der Waals surface area contributed by atoms with Crippen LogP contribution in [0.25, 0.3) is 0 Å². The molecule has 5 heteroatoms. The number of hydrogen-bond donors (Lipinski definition) is 1. The maximum atomic E-state index is 11.9. The number of amides is 1. The van der Waals surface area contributed by atoms with Crippen molar-refractivity contribution in [3.8, 4) is 0 Å². The molecule has 0 spiro atoms. The molecule has 102 valence electrons. The summed E-state index contributed by atoms with van der Waals surface area (Å²) in [5.74, 6) is -1.36. The number of allylic oxidation sites excluding steroid dienone is 1. The third kappa shape index (κ3) is 3.84. The van der Waals surface area contributed by atoms with Gasteiger partial charge in [-0.05, 0) is 25.7 Å². The van der Waals surface area contributed by atoms with Gasteiger partial charge in [-0.25, -0.2) is 4.79 Å². The minimum absolute atomic E-state index is 0.0851. The number of carbonyl (C=O) groups is 2. The molecule has 1 aliphatic carbocycles. The summed E-state index contributed by atoms with van der Waals surface area (Å²) < 4.78 is 10.2. The lowest BCUT2D eigenvalue weighted by Gasteiger charge is -2.26. The molecule has 0 aliphatic heterocycles. The summed E-state index contributed by atoms with van der Waals surface area (Å²) in [5.41, 5.74) is 5.75. The van der Waals surface area contributed by atoms with Crippen LogP contribution in [-0.4, -0.2) is 31.7 Å². The van der Waals surface area contributed by atoms with Crippen molar-refractivity contribution >= 4 is 11.9 Å². The minimum atomic E-state index is -0.529. The number of ether oxygens (including phenoxy) is 2. The van der Waals surface area contributed by atoms with Crippen molar-refractivity contribution in [3.63, 3.8) is 0 Å². The molecular formula is C13H21NO4. The van der Waals surface area contributed by atoms with Crippen LogP contribution in [0, 0.1) is 11.8 Å². The van der Waals surface area contributed by atoms with E-state index in [0.29, 0.717) is 18.8 Å². The van der Waals surface area contributed by atoms with E-state index in [4.69, 9.17) is 15.2 Å². The van der Waals surface area contributed by atoms with Gasteiger partial charge >= 0.3 is 5.97 Å². The van der Waals surface area contributed by atoms with Crippen LogP contribution in [0.1, 0.15) is 26.7 Å². The van der Waals surface area contributed by atoms with Crippen molar-refractivity contribution in [1.29, 1.82) is 0 Å². The van der Waals surface area contributed by atoms with E-state index in [9.17, 15) is 9.59 Å². The van der Waals surface area contributed by atoms with Crippen LogP contribution in [0.4, 0.5) is 0 Å². The summed E-state index contributed by atoms with van der Waals surface area (Å²) in [6.45, 7) is 4.95. The molecule has 0 fully saturated rings. The number of rotatable bonds is 6. The van der Waals surface area contributed by atoms with Crippen LogP contribution in [0.2, 0.25) is 0 Å². The van der Waals surface area contributed by atoms with Crippen LogP contribution in [0.15, 0.2) is 11.6 Å². The lowest BCUT2D eigenvalue weighted by Crippen LogP contribution is -2.35. The Morgan fingerprint density at radius 1 is 1.44 bits per heavy atom. The van der Waals surface area contributed by atoms with E-state index in [2.05, 4.69) is 0 Å². The molecule has 2 N–H and O–H groups in total. The van der Waals surface area contributed by atoms with E-state index in [1.54, 1.807) is 6.08 Å². The van der Waals surface area contributed by atoms with Gasteiger partial charge in [-0.3, -0.25) is 4.79 Å². The molecular weight excluding hydrogens is 234 g/mol. The summed E-state index contributed by atoms with van der Waals surface area (Å²) in [5, 5.41) is 0. The maximum Gasteiger partial charge on any atom is 0.334 e. The molecule has 1 aliphatic rings. The highest BCUT2D eigenvalue weighted by atomic mass is 16.6. The molecule has 2 unspecified atom stereocenters. The van der Waals surface area contributed by atoms with Crippen LogP contribution >= 0.6 is 0 Å². The van der Waals surface area contributed by atoms with Gasteiger partial charge in [0.25, 0.3) is 0 Å². The Hall–Kier alpha value is -1.36. The van der Waals surface area contributed by atoms with Gasteiger partial charge in [0.1, 0.15) is 6.61 Å². The average Bonchev–Trinajstić information content (AvgIpc) is 2.33. The highest BCUT2D eigenvalue weighted by Gasteiger charge is 2.33. The molecule has 0 aromatic carbocycles. The first-order valence-electron chi connectivity index (χ1n) is 6.32. The summed E-state index contributed by atoms with van der Waals surface area (Å²) in [6.07, 6.45) is 3.41. The monoisotopic (exact) mass is 255 g/mol. The fraction of sp³-hybridized carbons (Fsp3) is 0.692. The van der Waals surface area contributed by atoms with Gasteiger partial charge in [-0.1, -0.05) is 13.0 Å². The van der Waals surface area contributed by atoms with Crippen molar-refractivity contribution in [1.82, 2.24) is 0 Å². The SMILES string of the molecule is CCOCCOC(=O)C1=CCCC(C)C1C(N)=O. The van der Waals surface area contributed by atoms with E-state index in [0.717, 1.165) is 12.8 Å². The van der Waals surface area contributed by atoms with Gasteiger partial charge in [-0.2, -0.15) is 0 Å². The first kappa shape index (κ1) is 14.7. The Morgan fingerprint density at radius 2 is 2.17 bits per heavy atom. The third-order valence-corrected chi connectivity index (χ3v) is 3.10. The predicted octanol–water partition coefficient (Wildman–Crippen LogP) is 1.02. The lowest BCUT2D eigenvalue weighted by molar-refractivity contribution is -0.143. The molecule has 18 heavy (non-hydrogen) atoms. The smallest absolute Gasteiger partial charge is 0.334 e. The normalized spacial score (nSPS) is 23.3. The number of primary amides is 1. The Balaban J connectivity index is 2.59. The second kappa shape index (κ2) is 7.16. The molecule has 0 radical (unpaired) electrons. The molecule has 0 aromatic rings. The van der Waals surface area contributed by atoms with Gasteiger partial charge in [0.05, 0.1) is 12.5 Å². The number of hydrogen-bond acceptors (Lipinski definition) is 4. The van der Waals surface area contributed by atoms with Gasteiger partial charge in [0.2, 0.25) is 5.91 Å². The fourth-order valence-electron chi connectivity index (χ4n) is 2.17. The van der Waals surface area contributed by atoms with Crippen LogP contribution in [0.5, 0.6) is 0 Å². The van der Waals surface area contributed by atoms with E-state index in [1.807, 2.05) is 13.8 Å². The third-order valence-electron chi connectivity index (χ3n) is 3.10. The summed E-state index contributed by atoms with van der Waals surface area (Å²) in [7, 11) is 0. The molecule has 0 heterocycles. The molecule has 5 nitrogen and oxygen atoms in total. The predicted molar refractivity (Wildman–Crippen MR) is 66.6 cm³/mol. The van der Waals surface area contributed by atoms with Crippen molar-refractivity contribution in [2.24, 2.45) is 17.6 Å². The molecule has 0 saturated carbocycles. The highest BCUT2D eigenvalue weighted by Crippen LogP contribution is 2.30. The van der Waals surface area contributed by atoms with Crippen molar-refractivity contribution < 1.29 is 19.1 Å². The van der Waals surface area contributed by atoms with Crippen molar-refractivity contribution in [2.75, 3.05) is 19.8 Å². The second-order valence-corrected chi connectivity index (χ2v) is 4.43. The topological polar surface area (TPSA) is 78.6 Å². The maximum absolute atomic E-state index is 11.9. The molecule has 1 amide bonds. The first-order chi connectivity index (χ1) is 8.57. The zero-order valence-corrected chi connectivity index (χ0v) is 11.0. The van der Waals surface area contributed by atoms with E-state index in [1.165, 1.54) is 0 Å². The number of nitrogens with two attached hydrogens (primary N) is 1. The average molecular weight is 255 g/mol. The Kier molecular flexibility index (Phi) is 5.85. The van der Waals surface area contributed by atoms with Crippen molar-refractivity contribution in [2.45, 2.75) is 26.7 Å². The molecule has 2 atom stereocenters. The molecule has 0 saturated heterocycles. The van der Waals surface area contributed by atoms with Crippen molar-refractivity contribution in [3.05, 3.63) is 11.6 Å². The summed E-state index contributed by atoms with van der Waals surface area (Å²) in [6, 6.07) is 0. The molecule has 0 aromatic heterocycles. The molecule has 1 rings (SSSR count). The van der Waals surface area contributed by atoms with Crippen LogP contribution in [0.3, 0.4) is 0 Å². The largest absolute Gasteiger partial charge is 0.460 e. The Labute approximate surface area is 107 Å². The van der Waals surface area contributed by atoms with Gasteiger partial charge in [0, 0.05) is 12.2 Å². The van der Waals surface area contributed by atoms with Gasteiger partial charge < -0.3 is 15.2 Å². The fourth-order valence-corrected chi connectivity index (χ4v) is 2.17. The lowest BCUT2D eigenvalue weighted by atomic mass is 9.79. The van der Waals surface area contributed by atoms with Gasteiger partial charge in [0.15, 0.2) is 0 Å². The van der Waals surface area contributed by atoms with Gasteiger partial charge in [-0.15, -0.1) is 0 Å². The van der Waals surface area contributed by atoms with E-state index >= 15 is 0 Å². The summed E-state index contributed by atoms with van der Waals surface area (Å²) >= 11 is 0. The zero-order valence-electron chi connectivity index (χ0n) is 11.0. The van der Waals surface area contributed by atoms with E-state index < -0.39 is 17.8 Å². The zero-order chi connectivity index (χ0) is 13.5. The molecule has 0 bridgehead atoms. The Bertz CT molecular complexity index is 338. The number of carbonyl (C=O) groups excluding carboxylic acids is 2. The first-order valence-corrected chi connectivity index (χ1v) is 6.32. The number of esters is 1. The van der Waals surface area contributed by atoms with Crippen LogP contribution in [-0.2, 0) is 19.1 Å². The summed E-state index contributed by atoms with van der Waals surface area (Å²) in [4.78, 5) is 23.3. The van der Waals surface area contributed by atoms with E-state index in [-0.39, 0.29) is 12.5 Å². The second-order valence-electron chi connectivity index (χ2n) is 4.43. The minimum Gasteiger partial charge on any atom is -0.460 e.